The van der Waals surface area contributed by atoms with Crippen molar-refractivity contribution in [2.45, 2.75) is 45.1 Å². The maximum Gasteiger partial charge on any atom is 0.140 e. The van der Waals surface area contributed by atoms with E-state index in [0.29, 0.717) is 6.04 Å². The van der Waals surface area contributed by atoms with Crippen LogP contribution >= 0.6 is 0 Å². The van der Waals surface area contributed by atoms with Crippen molar-refractivity contribution >= 4 is 5.78 Å². The lowest BCUT2D eigenvalue weighted by Gasteiger charge is -2.08. The zero-order chi connectivity index (χ0) is 10.3. The van der Waals surface area contributed by atoms with E-state index in [-0.39, 0.29) is 11.2 Å². The predicted octanol–water partition coefficient (Wildman–Crippen LogP) is 2.08. The molecule has 1 saturated carbocycles. The first kappa shape index (κ1) is 9.44. The summed E-state index contributed by atoms with van der Waals surface area (Å²) < 4.78 is 1.92. The summed E-state index contributed by atoms with van der Waals surface area (Å²) in [7, 11) is 0. The third kappa shape index (κ3) is 1.27. The van der Waals surface area contributed by atoms with Gasteiger partial charge in [0, 0.05) is 17.8 Å². The second-order valence-corrected chi connectivity index (χ2v) is 4.44. The standard InChI is InChI=1S/C11H16N2O/c1-8(2)13-7-10(6-12-13)11(4-5-11)9(3)14/h6-8H,4-5H2,1-3H3. The SMILES string of the molecule is CC(=O)C1(c2cnn(C(C)C)c2)CC1. The molecule has 1 heterocycles. The Kier molecular flexibility index (Phi) is 1.98. The highest BCUT2D eigenvalue weighted by Crippen LogP contribution is 2.48. The number of ketones is 1. The number of hydrogen-bond acceptors (Lipinski definition) is 2. The summed E-state index contributed by atoms with van der Waals surface area (Å²) in [5.74, 6) is 0.279. The average Bonchev–Trinajstić information content (AvgIpc) is 2.77. The van der Waals surface area contributed by atoms with Gasteiger partial charge in [0.15, 0.2) is 0 Å². The summed E-state index contributed by atoms with van der Waals surface area (Å²) in [6.07, 6.45) is 5.84. The van der Waals surface area contributed by atoms with E-state index in [2.05, 4.69) is 18.9 Å². The molecule has 14 heavy (non-hydrogen) atoms. The molecule has 2 rings (SSSR count). The fraction of sp³-hybridized carbons (Fsp3) is 0.636. The van der Waals surface area contributed by atoms with Gasteiger partial charge in [0.05, 0.1) is 11.6 Å². The van der Waals surface area contributed by atoms with E-state index >= 15 is 0 Å². The Morgan fingerprint density at radius 2 is 2.21 bits per heavy atom. The van der Waals surface area contributed by atoms with Crippen molar-refractivity contribution in [3.05, 3.63) is 18.0 Å². The second kappa shape index (κ2) is 2.94. The highest BCUT2D eigenvalue weighted by atomic mass is 16.1. The molecule has 0 radical (unpaired) electrons. The Morgan fingerprint density at radius 3 is 2.57 bits per heavy atom. The third-order valence-corrected chi connectivity index (χ3v) is 3.11. The topological polar surface area (TPSA) is 34.9 Å². The smallest absolute Gasteiger partial charge is 0.140 e. The highest BCUT2D eigenvalue weighted by molar-refractivity contribution is 5.90. The largest absolute Gasteiger partial charge is 0.299 e. The summed E-state index contributed by atoms with van der Waals surface area (Å²) in [4.78, 5) is 11.5. The van der Waals surface area contributed by atoms with Crippen LogP contribution in [-0.4, -0.2) is 15.6 Å². The maximum atomic E-state index is 11.5. The van der Waals surface area contributed by atoms with Crippen LogP contribution in [0.15, 0.2) is 12.4 Å². The Bertz CT molecular complexity index is 361. The van der Waals surface area contributed by atoms with Gasteiger partial charge < -0.3 is 0 Å². The molecule has 0 aliphatic heterocycles. The van der Waals surface area contributed by atoms with E-state index in [1.165, 1.54) is 0 Å². The quantitative estimate of drug-likeness (QED) is 0.735. The molecular weight excluding hydrogens is 176 g/mol. The van der Waals surface area contributed by atoms with Crippen molar-refractivity contribution in [3.8, 4) is 0 Å². The van der Waals surface area contributed by atoms with E-state index in [9.17, 15) is 4.79 Å². The van der Waals surface area contributed by atoms with Crippen LogP contribution in [0.4, 0.5) is 0 Å². The molecule has 3 nitrogen and oxygen atoms in total. The average molecular weight is 192 g/mol. The molecular formula is C11H16N2O. The van der Waals surface area contributed by atoms with Crippen molar-refractivity contribution in [1.82, 2.24) is 9.78 Å². The molecule has 0 aromatic carbocycles. The van der Waals surface area contributed by atoms with Gasteiger partial charge in [0.2, 0.25) is 0 Å². The van der Waals surface area contributed by atoms with Crippen molar-refractivity contribution in [2.75, 3.05) is 0 Å². The summed E-state index contributed by atoms with van der Waals surface area (Å²) in [6, 6.07) is 0.367. The van der Waals surface area contributed by atoms with E-state index in [0.717, 1.165) is 18.4 Å². The number of carbonyl (C=O) groups is 1. The monoisotopic (exact) mass is 192 g/mol. The van der Waals surface area contributed by atoms with Crippen molar-refractivity contribution < 1.29 is 4.79 Å². The first-order valence-corrected chi connectivity index (χ1v) is 5.12. The van der Waals surface area contributed by atoms with Crippen LogP contribution in [0.1, 0.15) is 45.2 Å². The van der Waals surface area contributed by atoms with Crippen LogP contribution in [-0.2, 0) is 10.2 Å². The zero-order valence-electron chi connectivity index (χ0n) is 8.95. The van der Waals surface area contributed by atoms with Crippen molar-refractivity contribution in [3.63, 3.8) is 0 Å². The second-order valence-electron chi connectivity index (χ2n) is 4.44. The predicted molar refractivity (Wildman–Crippen MR) is 54.2 cm³/mol. The Hall–Kier alpha value is -1.12. The number of hydrogen-bond donors (Lipinski definition) is 0. The van der Waals surface area contributed by atoms with Gasteiger partial charge in [-0.1, -0.05) is 0 Å². The van der Waals surface area contributed by atoms with Crippen molar-refractivity contribution in [1.29, 1.82) is 0 Å². The van der Waals surface area contributed by atoms with Crippen LogP contribution in [0.25, 0.3) is 0 Å². The summed E-state index contributed by atoms with van der Waals surface area (Å²) in [6.45, 7) is 5.86. The van der Waals surface area contributed by atoms with Crippen LogP contribution < -0.4 is 0 Å². The van der Waals surface area contributed by atoms with Crippen LogP contribution in [0.2, 0.25) is 0 Å². The molecule has 0 atom stereocenters. The summed E-state index contributed by atoms with van der Waals surface area (Å²) in [5, 5.41) is 4.27. The van der Waals surface area contributed by atoms with Gasteiger partial charge in [-0.2, -0.15) is 5.10 Å². The first-order chi connectivity index (χ1) is 6.56. The molecule has 0 bridgehead atoms. The number of nitrogens with zero attached hydrogens (tertiary/aromatic N) is 2. The van der Waals surface area contributed by atoms with Crippen LogP contribution in [0, 0.1) is 0 Å². The minimum absolute atomic E-state index is 0.173. The van der Waals surface area contributed by atoms with Gasteiger partial charge in [0.25, 0.3) is 0 Å². The maximum absolute atomic E-state index is 11.5. The van der Waals surface area contributed by atoms with Gasteiger partial charge in [-0.3, -0.25) is 9.48 Å². The molecule has 0 N–H and O–H groups in total. The zero-order valence-corrected chi connectivity index (χ0v) is 8.95. The lowest BCUT2D eigenvalue weighted by Crippen LogP contribution is -2.16. The minimum atomic E-state index is -0.173. The van der Waals surface area contributed by atoms with Crippen LogP contribution in [0.3, 0.4) is 0 Å². The summed E-state index contributed by atoms with van der Waals surface area (Å²) >= 11 is 0. The van der Waals surface area contributed by atoms with Crippen molar-refractivity contribution in [2.24, 2.45) is 0 Å². The molecule has 1 aromatic heterocycles. The lowest BCUT2D eigenvalue weighted by atomic mass is 9.95. The molecule has 76 valence electrons. The molecule has 0 unspecified atom stereocenters. The van der Waals surface area contributed by atoms with E-state index in [4.69, 9.17) is 0 Å². The molecule has 1 fully saturated rings. The Balaban J connectivity index is 2.30. The lowest BCUT2D eigenvalue weighted by molar-refractivity contribution is -0.119. The third-order valence-electron chi connectivity index (χ3n) is 3.11. The number of carbonyl (C=O) groups excluding carboxylic acids is 1. The van der Waals surface area contributed by atoms with Gasteiger partial charge in [-0.15, -0.1) is 0 Å². The van der Waals surface area contributed by atoms with Gasteiger partial charge in [-0.05, 0) is 33.6 Å². The van der Waals surface area contributed by atoms with Gasteiger partial charge >= 0.3 is 0 Å². The molecule has 0 saturated heterocycles. The Morgan fingerprint density at radius 1 is 1.57 bits per heavy atom. The number of aromatic nitrogens is 2. The fourth-order valence-electron chi connectivity index (χ4n) is 1.84. The molecule has 1 aromatic rings. The fourth-order valence-corrected chi connectivity index (χ4v) is 1.84. The molecule has 3 heteroatoms. The molecule has 0 spiro atoms. The van der Waals surface area contributed by atoms with Crippen LogP contribution in [0.5, 0.6) is 0 Å². The van der Waals surface area contributed by atoms with Gasteiger partial charge in [0.1, 0.15) is 5.78 Å². The van der Waals surface area contributed by atoms with Gasteiger partial charge in [-0.25, -0.2) is 0 Å². The number of Topliss-reactive ketones (excluding diaryl/α,β-unsaturated/α-hetero) is 1. The van der Waals surface area contributed by atoms with E-state index in [1.807, 2.05) is 17.1 Å². The molecule has 0 amide bonds. The van der Waals surface area contributed by atoms with E-state index in [1.54, 1.807) is 6.92 Å². The molecule has 1 aliphatic carbocycles. The number of rotatable bonds is 3. The summed E-state index contributed by atoms with van der Waals surface area (Å²) in [5.41, 5.74) is 0.923. The first-order valence-electron chi connectivity index (χ1n) is 5.12. The Labute approximate surface area is 84.1 Å². The molecule has 1 aliphatic rings. The normalized spacial score (nSPS) is 18.6. The minimum Gasteiger partial charge on any atom is -0.299 e. The van der Waals surface area contributed by atoms with E-state index < -0.39 is 0 Å². The highest BCUT2D eigenvalue weighted by Gasteiger charge is 2.49.